The van der Waals surface area contributed by atoms with Crippen molar-refractivity contribution < 1.29 is 24.0 Å². The molecule has 0 rings (SSSR count). The summed E-state index contributed by atoms with van der Waals surface area (Å²) in [6, 6.07) is 0. The molecule has 0 atom stereocenters. The van der Waals surface area contributed by atoms with Crippen LogP contribution < -0.4 is 0 Å². The van der Waals surface area contributed by atoms with Crippen molar-refractivity contribution in [1.29, 1.82) is 0 Å². The van der Waals surface area contributed by atoms with Crippen LogP contribution in [0.4, 0.5) is 0 Å². The highest BCUT2D eigenvalue weighted by Crippen LogP contribution is 2.35. The Morgan fingerprint density at radius 2 is 1.04 bits per heavy atom. The maximum Gasteiger partial charge on any atom is 0.469 e. The van der Waals surface area contributed by atoms with Gasteiger partial charge in [-0.1, -0.05) is 104 Å². The summed E-state index contributed by atoms with van der Waals surface area (Å²) in [7, 11) is -4.24. The monoisotopic (exact) mass is 424 g/mol. The molecule has 0 aromatic heterocycles. The van der Waals surface area contributed by atoms with E-state index in [0.29, 0.717) is 0 Å². The lowest BCUT2D eigenvalue weighted by Crippen LogP contribution is -2.23. The minimum atomic E-state index is -4.24. The second-order valence-corrected chi connectivity index (χ2v) is 9.45. The summed E-state index contributed by atoms with van der Waals surface area (Å²) >= 11 is 0. The third-order valence-corrected chi connectivity index (χ3v) is 5.41. The van der Waals surface area contributed by atoms with Gasteiger partial charge in [0.1, 0.15) is 0 Å². The molecule has 3 N–H and O–H groups in total. The molecular weight excluding hydrogens is 375 g/mol. The van der Waals surface area contributed by atoms with Crippen molar-refractivity contribution in [2.75, 3.05) is 6.61 Å². The van der Waals surface area contributed by atoms with Gasteiger partial charge in [-0.15, -0.1) is 0 Å². The highest BCUT2D eigenvalue weighted by molar-refractivity contribution is 7.46. The Morgan fingerprint density at radius 1 is 0.679 bits per heavy atom. The van der Waals surface area contributed by atoms with Crippen molar-refractivity contribution in [3.05, 3.63) is 0 Å². The van der Waals surface area contributed by atoms with Crippen molar-refractivity contribution in [2.24, 2.45) is 0 Å². The third kappa shape index (κ3) is 28.3. The maximum atomic E-state index is 10.4. The summed E-state index contributed by atoms with van der Waals surface area (Å²) in [6.45, 7) is 8.67. The van der Waals surface area contributed by atoms with E-state index in [0.717, 1.165) is 44.9 Å². The largest absolute Gasteiger partial charge is 0.469 e. The van der Waals surface area contributed by atoms with Gasteiger partial charge >= 0.3 is 7.82 Å². The van der Waals surface area contributed by atoms with Crippen LogP contribution in [0, 0.1) is 0 Å². The van der Waals surface area contributed by atoms with Crippen LogP contribution in [0.5, 0.6) is 0 Å². The summed E-state index contributed by atoms with van der Waals surface area (Å²) < 4.78 is 14.7. The normalized spacial score (nSPS) is 12.0. The average molecular weight is 425 g/mol. The fourth-order valence-corrected chi connectivity index (χ4v) is 3.38. The van der Waals surface area contributed by atoms with E-state index in [1.54, 1.807) is 0 Å². The first-order valence-electron chi connectivity index (χ1n) is 11.6. The van der Waals surface area contributed by atoms with Crippen LogP contribution in [0.1, 0.15) is 130 Å². The summed E-state index contributed by atoms with van der Waals surface area (Å²) in [6.07, 6.45) is 18.6. The van der Waals surface area contributed by atoms with Crippen LogP contribution in [0.25, 0.3) is 0 Å². The first kappa shape index (κ1) is 30.3. The van der Waals surface area contributed by atoms with E-state index in [1.165, 1.54) is 57.8 Å². The Balaban J connectivity index is 0. The number of unbranched alkanes of at least 4 members (excludes halogenated alkanes) is 11. The summed E-state index contributed by atoms with van der Waals surface area (Å²) in [5.41, 5.74) is -0.397. The molecule has 172 valence electrons. The highest BCUT2D eigenvalue weighted by atomic mass is 31.2. The molecule has 0 aliphatic heterocycles. The van der Waals surface area contributed by atoms with Crippen LogP contribution in [0.2, 0.25) is 0 Å². The van der Waals surface area contributed by atoms with E-state index in [1.807, 2.05) is 6.92 Å². The van der Waals surface area contributed by atoms with E-state index in [4.69, 9.17) is 9.79 Å². The van der Waals surface area contributed by atoms with E-state index in [-0.39, 0.29) is 6.61 Å². The van der Waals surface area contributed by atoms with Gasteiger partial charge in [-0.3, -0.25) is 4.52 Å². The Bertz CT molecular complexity index is 345. The van der Waals surface area contributed by atoms with Gasteiger partial charge in [-0.2, -0.15) is 0 Å². The van der Waals surface area contributed by atoms with Crippen LogP contribution in [0.3, 0.4) is 0 Å². The number of rotatable bonds is 18. The van der Waals surface area contributed by atoms with Crippen LogP contribution in [0.15, 0.2) is 0 Å². The molecule has 0 amide bonds. The Labute approximate surface area is 174 Å². The second kappa shape index (κ2) is 20.3. The predicted octanol–water partition coefficient (Wildman–Crippen LogP) is 7.13. The Kier molecular flexibility index (Phi) is 22.0. The van der Waals surface area contributed by atoms with Crippen molar-refractivity contribution >= 4 is 7.82 Å². The minimum absolute atomic E-state index is 0.167. The van der Waals surface area contributed by atoms with Crippen molar-refractivity contribution in [3.63, 3.8) is 0 Å². The maximum absolute atomic E-state index is 10.4. The molecule has 0 aliphatic carbocycles. The Morgan fingerprint density at radius 3 is 1.39 bits per heavy atom. The van der Waals surface area contributed by atoms with Crippen LogP contribution in [-0.4, -0.2) is 27.1 Å². The fraction of sp³-hybridized carbons (Fsp3) is 1.00. The molecule has 0 fully saturated rings. The number of phosphoric acid groups is 1. The lowest BCUT2D eigenvalue weighted by Gasteiger charge is -2.22. The van der Waals surface area contributed by atoms with Crippen LogP contribution >= 0.6 is 7.82 Å². The first-order chi connectivity index (χ1) is 13.2. The lowest BCUT2D eigenvalue weighted by atomic mass is 9.93. The minimum Gasteiger partial charge on any atom is -0.390 e. The second-order valence-electron chi connectivity index (χ2n) is 8.21. The SMILES string of the molecule is CCCCC(C)(O)CCCC.CCCCCCCCCCCCOP(=O)(O)O. The van der Waals surface area contributed by atoms with E-state index < -0.39 is 13.4 Å². The lowest BCUT2D eigenvalue weighted by molar-refractivity contribution is 0.0376. The zero-order valence-electron chi connectivity index (χ0n) is 19.1. The summed E-state index contributed by atoms with van der Waals surface area (Å²) in [5.74, 6) is 0. The molecule has 0 aromatic carbocycles. The molecule has 0 saturated carbocycles. The molecule has 0 unspecified atom stereocenters. The number of hydrogen-bond acceptors (Lipinski definition) is 3. The van der Waals surface area contributed by atoms with Gasteiger partial charge in [0.05, 0.1) is 12.2 Å². The fourth-order valence-electron chi connectivity index (χ4n) is 3.01. The summed E-state index contributed by atoms with van der Waals surface area (Å²) in [5, 5.41) is 9.78. The zero-order valence-corrected chi connectivity index (χ0v) is 20.0. The van der Waals surface area contributed by atoms with Crippen molar-refractivity contribution in [3.8, 4) is 0 Å². The molecule has 0 heterocycles. The van der Waals surface area contributed by atoms with Gasteiger partial charge in [0, 0.05) is 0 Å². The number of aliphatic hydroxyl groups is 1. The molecule has 6 heteroatoms. The van der Waals surface area contributed by atoms with E-state index in [2.05, 4.69) is 25.3 Å². The van der Waals surface area contributed by atoms with Gasteiger partial charge in [-0.25, -0.2) is 4.57 Å². The first-order valence-corrected chi connectivity index (χ1v) is 13.1. The molecular formula is C22H49O5P. The van der Waals surface area contributed by atoms with Crippen molar-refractivity contribution in [2.45, 2.75) is 136 Å². The van der Waals surface area contributed by atoms with E-state index >= 15 is 0 Å². The third-order valence-electron chi connectivity index (χ3n) is 4.90. The molecule has 0 aliphatic rings. The highest BCUT2D eigenvalue weighted by Gasteiger charge is 2.17. The van der Waals surface area contributed by atoms with Gasteiger partial charge in [0.2, 0.25) is 0 Å². The molecule has 0 aromatic rings. The van der Waals surface area contributed by atoms with Gasteiger partial charge in [0.25, 0.3) is 0 Å². The Hall–Kier alpha value is 0.0700. The van der Waals surface area contributed by atoms with Crippen LogP contribution in [-0.2, 0) is 9.09 Å². The van der Waals surface area contributed by atoms with E-state index in [9.17, 15) is 9.67 Å². The molecule has 28 heavy (non-hydrogen) atoms. The molecule has 5 nitrogen and oxygen atoms in total. The molecule has 0 spiro atoms. The quantitative estimate of drug-likeness (QED) is 0.161. The number of hydrogen-bond donors (Lipinski definition) is 3. The number of phosphoric ester groups is 1. The standard InChI is InChI=1S/C12H27O4P.C10H22O/c1-2-3-4-5-6-7-8-9-10-11-12-16-17(13,14)15;1-4-6-8-10(3,11)9-7-5-2/h2-12H2,1H3,(H2,13,14,15);11H,4-9H2,1-3H3. The summed E-state index contributed by atoms with van der Waals surface area (Å²) in [4.78, 5) is 16.9. The van der Waals surface area contributed by atoms with Gasteiger partial charge < -0.3 is 14.9 Å². The van der Waals surface area contributed by atoms with Crippen molar-refractivity contribution in [1.82, 2.24) is 0 Å². The smallest absolute Gasteiger partial charge is 0.390 e. The van der Waals surface area contributed by atoms with Gasteiger partial charge in [-0.05, 0) is 26.2 Å². The predicted molar refractivity (Wildman–Crippen MR) is 120 cm³/mol. The molecule has 0 bridgehead atoms. The van der Waals surface area contributed by atoms with Gasteiger partial charge in [0.15, 0.2) is 0 Å². The molecule has 0 saturated heterocycles. The average Bonchev–Trinajstić information content (AvgIpc) is 2.62. The molecule has 0 radical (unpaired) electrons. The topological polar surface area (TPSA) is 87.0 Å². The zero-order chi connectivity index (χ0) is 21.7.